The zero-order valence-corrected chi connectivity index (χ0v) is 6.79. The molecule has 0 spiro atoms. The average Bonchev–Trinajstić information content (AvgIpc) is 2.49. The van der Waals surface area contributed by atoms with Crippen molar-refractivity contribution in [2.24, 2.45) is 0 Å². The molecule has 0 unspecified atom stereocenters. The quantitative estimate of drug-likeness (QED) is 0.636. The van der Waals surface area contributed by atoms with Gasteiger partial charge in [-0.3, -0.25) is 4.79 Å². The first-order valence-electron chi connectivity index (χ1n) is 3.85. The van der Waals surface area contributed by atoms with Crippen molar-refractivity contribution >= 4 is 16.7 Å². The van der Waals surface area contributed by atoms with Gasteiger partial charge in [0.2, 0.25) is 0 Å². The molecular formula is C10H9NO. The molecule has 12 heavy (non-hydrogen) atoms. The van der Waals surface area contributed by atoms with Gasteiger partial charge in [-0.15, -0.1) is 0 Å². The first kappa shape index (κ1) is 7.10. The molecule has 0 radical (unpaired) electrons. The number of nitrogens with one attached hydrogen (secondary N) is 1. The van der Waals surface area contributed by atoms with E-state index in [0.29, 0.717) is 0 Å². The van der Waals surface area contributed by atoms with Gasteiger partial charge in [-0.2, -0.15) is 0 Å². The zero-order chi connectivity index (χ0) is 8.55. The number of hydrogen-bond acceptors (Lipinski definition) is 1. The van der Waals surface area contributed by atoms with Crippen molar-refractivity contribution in [2.45, 2.75) is 6.92 Å². The first-order valence-corrected chi connectivity index (χ1v) is 3.85. The molecule has 2 heteroatoms. The van der Waals surface area contributed by atoms with Crippen molar-refractivity contribution < 1.29 is 4.79 Å². The summed E-state index contributed by atoms with van der Waals surface area (Å²) < 4.78 is 0. The first-order chi connectivity index (χ1) is 5.77. The molecule has 1 heterocycles. The van der Waals surface area contributed by atoms with E-state index in [9.17, 15) is 4.79 Å². The van der Waals surface area contributed by atoms with Crippen molar-refractivity contribution in [1.82, 2.24) is 4.98 Å². The Labute approximate surface area is 70.2 Å². The molecule has 1 aromatic heterocycles. The van der Waals surface area contributed by atoms with Crippen molar-refractivity contribution in [3.63, 3.8) is 0 Å². The van der Waals surface area contributed by atoms with Gasteiger partial charge in [0.25, 0.3) is 0 Å². The maximum atomic E-state index is 11.0. The minimum atomic E-state index is 0.109. The van der Waals surface area contributed by atoms with Crippen LogP contribution in [0.4, 0.5) is 0 Å². The molecule has 0 amide bonds. The number of ketones is 1. The van der Waals surface area contributed by atoms with Crippen LogP contribution >= 0.6 is 0 Å². The highest BCUT2D eigenvalue weighted by Crippen LogP contribution is 2.14. The lowest BCUT2D eigenvalue weighted by atomic mass is 10.1. The highest BCUT2D eigenvalue weighted by molar-refractivity contribution is 5.97. The second-order valence-corrected chi connectivity index (χ2v) is 2.84. The number of aromatic nitrogens is 1. The predicted molar refractivity (Wildman–Crippen MR) is 48.3 cm³/mol. The summed E-state index contributed by atoms with van der Waals surface area (Å²) in [7, 11) is 0. The van der Waals surface area contributed by atoms with Gasteiger partial charge in [-0.25, -0.2) is 0 Å². The molecule has 0 saturated carbocycles. The summed E-state index contributed by atoms with van der Waals surface area (Å²) in [6.07, 6.45) is 1.87. The fourth-order valence-corrected chi connectivity index (χ4v) is 1.27. The van der Waals surface area contributed by atoms with Crippen LogP contribution in [0, 0.1) is 0 Å². The highest BCUT2D eigenvalue weighted by atomic mass is 16.1. The molecule has 0 saturated heterocycles. The summed E-state index contributed by atoms with van der Waals surface area (Å²) in [5, 5.41) is 1.09. The van der Waals surface area contributed by atoms with E-state index in [1.54, 1.807) is 6.92 Å². The summed E-state index contributed by atoms with van der Waals surface area (Å²) >= 11 is 0. The van der Waals surface area contributed by atoms with E-state index in [4.69, 9.17) is 0 Å². The normalized spacial score (nSPS) is 10.4. The highest BCUT2D eigenvalue weighted by Gasteiger charge is 1.99. The van der Waals surface area contributed by atoms with Crippen LogP contribution in [0.1, 0.15) is 17.3 Å². The van der Waals surface area contributed by atoms with Gasteiger partial charge in [0.05, 0.1) is 0 Å². The van der Waals surface area contributed by atoms with Crippen molar-refractivity contribution in [3.8, 4) is 0 Å². The van der Waals surface area contributed by atoms with Crippen LogP contribution < -0.4 is 0 Å². The van der Waals surface area contributed by atoms with E-state index in [1.165, 1.54) is 0 Å². The second kappa shape index (κ2) is 2.48. The molecule has 60 valence electrons. The van der Waals surface area contributed by atoms with Crippen LogP contribution in [-0.2, 0) is 0 Å². The smallest absolute Gasteiger partial charge is 0.159 e. The number of Topliss-reactive ketones (excluding diaryl/α,β-unsaturated/α-hetero) is 1. The number of rotatable bonds is 1. The maximum Gasteiger partial charge on any atom is 0.159 e. The molecule has 0 aliphatic heterocycles. The largest absolute Gasteiger partial charge is 0.361 e. The number of carbonyl (C=O) groups is 1. The van der Waals surface area contributed by atoms with Crippen molar-refractivity contribution in [2.75, 3.05) is 0 Å². The fraction of sp³-hybridized carbons (Fsp3) is 0.100. The van der Waals surface area contributed by atoms with E-state index in [1.807, 2.05) is 30.5 Å². The zero-order valence-electron chi connectivity index (χ0n) is 6.79. The number of carbonyl (C=O) groups excluding carboxylic acids is 1. The molecule has 0 aliphatic rings. The summed E-state index contributed by atoms with van der Waals surface area (Å²) in [5.74, 6) is 0.109. The lowest BCUT2D eigenvalue weighted by Crippen LogP contribution is -1.89. The number of benzene rings is 1. The van der Waals surface area contributed by atoms with Crippen molar-refractivity contribution in [1.29, 1.82) is 0 Å². The Bertz CT molecular complexity index is 428. The van der Waals surface area contributed by atoms with Gasteiger partial charge in [-0.05, 0) is 31.2 Å². The third-order valence-electron chi connectivity index (χ3n) is 1.96. The van der Waals surface area contributed by atoms with E-state index in [0.717, 1.165) is 16.5 Å². The predicted octanol–water partition coefficient (Wildman–Crippen LogP) is 2.37. The minimum absolute atomic E-state index is 0.109. The van der Waals surface area contributed by atoms with Gasteiger partial charge in [0.15, 0.2) is 5.78 Å². The third-order valence-corrected chi connectivity index (χ3v) is 1.96. The number of H-pyrrole nitrogens is 1. The molecular weight excluding hydrogens is 150 g/mol. The summed E-state index contributed by atoms with van der Waals surface area (Å²) in [5.41, 5.74) is 1.84. The molecule has 1 N–H and O–H groups in total. The Morgan fingerprint density at radius 3 is 2.92 bits per heavy atom. The Balaban J connectivity index is 2.68. The molecule has 0 atom stereocenters. The van der Waals surface area contributed by atoms with Crippen LogP contribution in [0.2, 0.25) is 0 Å². The standard InChI is InChI=1S/C10H9NO/c1-7(12)8-2-3-10-9(6-8)4-5-11-10/h2-6,11H,1H3. The fourth-order valence-electron chi connectivity index (χ4n) is 1.27. The number of hydrogen-bond donors (Lipinski definition) is 1. The topological polar surface area (TPSA) is 32.9 Å². The third kappa shape index (κ3) is 1.01. The minimum Gasteiger partial charge on any atom is -0.361 e. The SMILES string of the molecule is CC(=O)c1ccc2[nH]ccc2c1. The summed E-state index contributed by atoms with van der Waals surface area (Å²) in [6, 6.07) is 7.61. The van der Waals surface area contributed by atoms with E-state index in [2.05, 4.69) is 4.98 Å². The van der Waals surface area contributed by atoms with Crippen LogP contribution in [0.15, 0.2) is 30.5 Å². The number of fused-ring (bicyclic) bond motifs is 1. The van der Waals surface area contributed by atoms with Gasteiger partial charge in [0, 0.05) is 22.7 Å². The van der Waals surface area contributed by atoms with Gasteiger partial charge in [0.1, 0.15) is 0 Å². The molecule has 0 fully saturated rings. The number of aromatic amines is 1. The van der Waals surface area contributed by atoms with Crippen LogP contribution in [0.3, 0.4) is 0 Å². The second-order valence-electron chi connectivity index (χ2n) is 2.84. The van der Waals surface area contributed by atoms with Crippen LogP contribution in [0.5, 0.6) is 0 Å². The molecule has 1 aromatic carbocycles. The summed E-state index contributed by atoms with van der Waals surface area (Å²) in [4.78, 5) is 14.1. The van der Waals surface area contributed by atoms with E-state index < -0.39 is 0 Å². The van der Waals surface area contributed by atoms with Gasteiger partial charge in [-0.1, -0.05) is 0 Å². The van der Waals surface area contributed by atoms with Gasteiger partial charge >= 0.3 is 0 Å². The van der Waals surface area contributed by atoms with Crippen LogP contribution in [0.25, 0.3) is 10.9 Å². The Morgan fingerprint density at radius 1 is 1.33 bits per heavy atom. The molecule has 0 aliphatic carbocycles. The van der Waals surface area contributed by atoms with Crippen LogP contribution in [-0.4, -0.2) is 10.8 Å². The molecule has 2 nitrogen and oxygen atoms in total. The molecule has 2 aromatic rings. The molecule has 2 rings (SSSR count). The lowest BCUT2D eigenvalue weighted by molar-refractivity contribution is 0.101. The van der Waals surface area contributed by atoms with Crippen molar-refractivity contribution in [3.05, 3.63) is 36.0 Å². The lowest BCUT2D eigenvalue weighted by Gasteiger charge is -1.94. The van der Waals surface area contributed by atoms with E-state index in [-0.39, 0.29) is 5.78 Å². The van der Waals surface area contributed by atoms with E-state index >= 15 is 0 Å². The Hall–Kier alpha value is -1.57. The summed E-state index contributed by atoms with van der Waals surface area (Å²) in [6.45, 7) is 1.58. The Morgan fingerprint density at radius 2 is 2.17 bits per heavy atom. The monoisotopic (exact) mass is 159 g/mol. The van der Waals surface area contributed by atoms with Gasteiger partial charge < -0.3 is 4.98 Å². The maximum absolute atomic E-state index is 11.0. The average molecular weight is 159 g/mol. The molecule has 0 bridgehead atoms. The Kier molecular flexibility index (Phi) is 1.47.